The van der Waals surface area contributed by atoms with Gasteiger partial charge >= 0.3 is 0 Å². The molecule has 0 unspecified atom stereocenters. The van der Waals surface area contributed by atoms with Crippen LogP contribution in [0.25, 0.3) is 11.4 Å². The maximum absolute atomic E-state index is 5.71. The van der Waals surface area contributed by atoms with Gasteiger partial charge in [0.1, 0.15) is 11.5 Å². The number of para-hydroxylation sites is 1. The number of rotatable bonds is 8. The topological polar surface area (TPSA) is 72.9 Å². The van der Waals surface area contributed by atoms with Crippen LogP contribution < -0.4 is 9.47 Å². The quantitative estimate of drug-likeness (QED) is 0.647. The third-order valence-electron chi connectivity index (χ3n) is 3.28. The molecule has 0 fully saturated rings. The van der Waals surface area contributed by atoms with E-state index in [2.05, 4.69) is 20.6 Å². The molecule has 2 aromatic carbocycles. The van der Waals surface area contributed by atoms with Gasteiger partial charge in [0.2, 0.25) is 5.82 Å². The van der Waals surface area contributed by atoms with Crippen molar-refractivity contribution in [3.05, 3.63) is 54.6 Å². The second-order valence-electron chi connectivity index (χ2n) is 4.98. The van der Waals surface area contributed by atoms with Gasteiger partial charge in [0, 0.05) is 5.56 Å². The average Bonchev–Trinajstić information content (AvgIpc) is 3.14. The lowest BCUT2D eigenvalue weighted by atomic mass is 10.2. The van der Waals surface area contributed by atoms with Gasteiger partial charge < -0.3 is 9.47 Å². The van der Waals surface area contributed by atoms with Crippen molar-refractivity contribution in [2.45, 2.75) is 12.8 Å². The van der Waals surface area contributed by atoms with Crippen LogP contribution in [-0.2, 0) is 0 Å². The Morgan fingerprint density at radius 3 is 2.04 bits per heavy atom. The molecule has 3 rings (SSSR count). The number of hydrogen-bond acceptors (Lipinski definition) is 5. The highest BCUT2D eigenvalue weighted by molar-refractivity contribution is 5.54. The zero-order chi connectivity index (χ0) is 15.7. The van der Waals surface area contributed by atoms with E-state index in [1.807, 2.05) is 54.6 Å². The van der Waals surface area contributed by atoms with E-state index < -0.39 is 0 Å². The van der Waals surface area contributed by atoms with Gasteiger partial charge in [-0.3, -0.25) is 0 Å². The van der Waals surface area contributed by atoms with Crippen molar-refractivity contribution in [3.8, 4) is 22.9 Å². The lowest BCUT2D eigenvalue weighted by Crippen LogP contribution is -2.02. The van der Waals surface area contributed by atoms with E-state index in [9.17, 15) is 0 Å². The van der Waals surface area contributed by atoms with E-state index in [0.29, 0.717) is 19.0 Å². The largest absolute Gasteiger partial charge is 0.494 e. The number of benzene rings is 2. The lowest BCUT2D eigenvalue weighted by molar-refractivity contribution is 0.266. The SMILES string of the molecule is c1ccc(OCCCCOc2ccc(-c3nn[nH]n3)cc2)cc1. The van der Waals surface area contributed by atoms with Crippen LogP contribution in [0.15, 0.2) is 54.6 Å². The molecule has 6 nitrogen and oxygen atoms in total. The summed E-state index contributed by atoms with van der Waals surface area (Å²) in [7, 11) is 0. The summed E-state index contributed by atoms with van der Waals surface area (Å²) < 4.78 is 11.3. The van der Waals surface area contributed by atoms with Gasteiger partial charge in [-0.25, -0.2) is 0 Å². The maximum atomic E-state index is 5.71. The number of ether oxygens (including phenoxy) is 2. The fraction of sp³-hybridized carbons (Fsp3) is 0.235. The molecule has 6 heteroatoms. The third-order valence-corrected chi connectivity index (χ3v) is 3.28. The first-order valence-corrected chi connectivity index (χ1v) is 7.56. The van der Waals surface area contributed by atoms with Crippen molar-refractivity contribution >= 4 is 0 Å². The monoisotopic (exact) mass is 310 g/mol. The van der Waals surface area contributed by atoms with Crippen LogP contribution in [0.4, 0.5) is 0 Å². The molecule has 0 aliphatic rings. The van der Waals surface area contributed by atoms with Crippen molar-refractivity contribution in [1.82, 2.24) is 20.6 Å². The summed E-state index contributed by atoms with van der Waals surface area (Å²) in [5, 5.41) is 13.8. The molecule has 0 saturated carbocycles. The Hall–Kier alpha value is -2.89. The van der Waals surface area contributed by atoms with Gasteiger partial charge in [0.15, 0.2) is 0 Å². The van der Waals surface area contributed by atoms with Crippen molar-refractivity contribution in [2.75, 3.05) is 13.2 Å². The fourth-order valence-electron chi connectivity index (χ4n) is 2.09. The van der Waals surface area contributed by atoms with Gasteiger partial charge in [-0.15, -0.1) is 10.2 Å². The number of unbranched alkanes of at least 4 members (excludes halogenated alkanes) is 1. The van der Waals surface area contributed by atoms with E-state index in [0.717, 1.165) is 29.9 Å². The summed E-state index contributed by atoms with van der Waals surface area (Å²) in [5.74, 6) is 2.32. The Balaban J connectivity index is 1.34. The highest BCUT2D eigenvalue weighted by atomic mass is 16.5. The molecule has 0 amide bonds. The lowest BCUT2D eigenvalue weighted by Gasteiger charge is -2.08. The fourth-order valence-corrected chi connectivity index (χ4v) is 2.09. The summed E-state index contributed by atoms with van der Waals surface area (Å²) in [6, 6.07) is 17.5. The number of aromatic nitrogens is 4. The van der Waals surface area contributed by atoms with Crippen molar-refractivity contribution < 1.29 is 9.47 Å². The average molecular weight is 310 g/mol. The van der Waals surface area contributed by atoms with Crippen LogP contribution in [-0.4, -0.2) is 33.8 Å². The summed E-state index contributed by atoms with van der Waals surface area (Å²) in [4.78, 5) is 0. The van der Waals surface area contributed by atoms with E-state index in [1.54, 1.807) is 0 Å². The molecule has 1 heterocycles. The molecule has 23 heavy (non-hydrogen) atoms. The van der Waals surface area contributed by atoms with Crippen LogP contribution in [0.1, 0.15) is 12.8 Å². The molecule has 0 spiro atoms. The summed E-state index contributed by atoms with van der Waals surface area (Å²) in [6.07, 6.45) is 1.90. The number of nitrogens with zero attached hydrogens (tertiary/aromatic N) is 3. The molecular formula is C17H18N4O2. The predicted molar refractivity (Wildman–Crippen MR) is 86.3 cm³/mol. The van der Waals surface area contributed by atoms with Crippen LogP contribution in [0.2, 0.25) is 0 Å². The van der Waals surface area contributed by atoms with Gasteiger partial charge in [-0.2, -0.15) is 5.21 Å². The predicted octanol–water partition coefficient (Wildman–Crippen LogP) is 3.10. The normalized spacial score (nSPS) is 10.4. The second-order valence-corrected chi connectivity index (χ2v) is 4.98. The zero-order valence-electron chi connectivity index (χ0n) is 12.7. The number of tetrazole rings is 1. The Bertz CT molecular complexity index is 684. The molecule has 0 bridgehead atoms. The van der Waals surface area contributed by atoms with Crippen molar-refractivity contribution in [3.63, 3.8) is 0 Å². The van der Waals surface area contributed by atoms with Crippen molar-refractivity contribution in [1.29, 1.82) is 0 Å². The van der Waals surface area contributed by atoms with Gasteiger partial charge in [0.05, 0.1) is 13.2 Å². The first-order valence-electron chi connectivity index (χ1n) is 7.56. The number of aromatic amines is 1. The van der Waals surface area contributed by atoms with Crippen LogP contribution in [0.3, 0.4) is 0 Å². The molecule has 0 aliphatic carbocycles. The molecular weight excluding hydrogens is 292 g/mol. The summed E-state index contributed by atoms with van der Waals surface area (Å²) in [6.45, 7) is 1.36. The van der Waals surface area contributed by atoms with Crippen LogP contribution in [0, 0.1) is 0 Å². The molecule has 3 aromatic rings. The minimum Gasteiger partial charge on any atom is -0.494 e. The Morgan fingerprint density at radius 2 is 1.43 bits per heavy atom. The molecule has 1 N–H and O–H groups in total. The molecule has 0 radical (unpaired) electrons. The summed E-state index contributed by atoms with van der Waals surface area (Å²) >= 11 is 0. The molecule has 1 aromatic heterocycles. The smallest absolute Gasteiger partial charge is 0.204 e. The Labute approximate surface area is 134 Å². The number of nitrogens with one attached hydrogen (secondary N) is 1. The van der Waals surface area contributed by atoms with E-state index >= 15 is 0 Å². The van der Waals surface area contributed by atoms with E-state index in [-0.39, 0.29) is 0 Å². The number of H-pyrrole nitrogens is 1. The molecule has 0 saturated heterocycles. The minimum absolute atomic E-state index is 0.578. The van der Waals surface area contributed by atoms with Gasteiger partial charge in [0.25, 0.3) is 0 Å². The first-order chi connectivity index (χ1) is 11.4. The Kier molecular flexibility index (Phi) is 5.18. The maximum Gasteiger partial charge on any atom is 0.204 e. The highest BCUT2D eigenvalue weighted by Gasteiger charge is 2.02. The molecule has 0 atom stereocenters. The van der Waals surface area contributed by atoms with E-state index in [4.69, 9.17) is 9.47 Å². The minimum atomic E-state index is 0.578. The molecule has 118 valence electrons. The van der Waals surface area contributed by atoms with Crippen LogP contribution in [0.5, 0.6) is 11.5 Å². The third kappa shape index (κ3) is 4.54. The van der Waals surface area contributed by atoms with Gasteiger partial charge in [-0.1, -0.05) is 18.2 Å². The van der Waals surface area contributed by atoms with E-state index in [1.165, 1.54) is 0 Å². The highest BCUT2D eigenvalue weighted by Crippen LogP contribution is 2.18. The first kappa shape index (κ1) is 15.0. The molecule has 0 aliphatic heterocycles. The standard InChI is InChI=1S/C17H18N4O2/c1-2-6-15(7-3-1)22-12-4-5-13-23-16-10-8-14(9-11-16)17-18-20-21-19-17/h1-3,6-11H,4-5,12-13H2,(H,18,19,20,21). The zero-order valence-corrected chi connectivity index (χ0v) is 12.7. The van der Waals surface area contributed by atoms with Gasteiger partial charge in [-0.05, 0) is 54.5 Å². The summed E-state index contributed by atoms with van der Waals surface area (Å²) in [5.41, 5.74) is 0.905. The number of hydrogen-bond donors (Lipinski definition) is 1. The Morgan fingerprint density at radius 1 is 0.783 bits per heavy atom. The van der Waals surface area contributed by atoms with Crippen molar-refractivity contribution in [2.24, 2.45) is 0 Å². The second kappa shape index (κ2) is 7.93. The van der Waals surface area contributed by atoms with Crippen LogP contribution >= 0.6 is 0 Å².